The zero-order chi connectivity index (χ0) is 17.3. The number of benzene rings is 2. The Hall–Kier alpha value is -2.59. The molecular formula is C21H21NO2S. The molecule has 25 heavy (non-hydrogen) atoms. The minimum Gasteiger partial charge on any atom is -0.494 e. The van der Waals surface area contributed by atoms with Crippen LogP contribution in [0, 0.1) is 0 Å². The Labute approximate surface area is 152 Å². The summed E-state index contributed by atoms with van der Waals surface area (Å²) in [6.45, 7) is 1.32. The summed E-state index contributed by atoms with van der Waals surface area (Å²) in [6.07, 6.45) is 1.80. The van der Waals surface area contributed by atoms with E-state index in [4.69, 9.17) is 4.74 Å². The van der Waals surface area contributed by atoms with Crippen molar-refractivity contribution in [1.82, 2.24) is 5.32 Å². The van der Waals surface area contributed by atoms with Crippen molar-refractivity contribution < 1.29 is 9.53 Å². The number of unbranched alkanes of at least 4 members (excludes halogenated alkanes) is 1. The van der Waals surface area contributed by atoms with Crippen molar-refractivity contribution in [3.8, 4) is 16.9 Å². The number of amides is 1. The van der Waals surface area contributed by atoms with Gasteiger partial charge in [-0.1, -0.05) is 48.5 Å². The fourth-order valence-electron chi connectivity index (χ4n) is 2.55. The first-order valence-corrected chi connectivity index (χ1v) is 9.31. The van der Waals surface area contributed by atoms with Crippen LogP contribution in [0.15, 0.2) is 72.1 Å². The second-order valence-corrected chi connectivity index (χ2v) is 6.57. The Kier molecular flexibility index (Phi) is 6.23. The van der Waals surface area contributed by atoms with Gasteiger partial charge in [-0.2, -0.15) is 0 Å². The van der Waals surface area contributed by atoms with E-state index in [0.717, 1.165) is 34.6 Å². The first-order chi connectivity index (χ1) is 12.3. The molecule has 1 amide bonds. The zero-order valence-electron chi connectivity index (χ0n) is 14.0. The molecule has 4 heteroatoms. The normalized spacial score (nSPS) is 10.4. The van der Waals surface area contributed by atoms with Crippen LogP contribution in [0.25, 0.3) is 11.1 Å². The van der Waals surface area contributed by atoms with Gasteiger partial charge in [0.05, 0.1) is 11.5 Å². The van der Waals surface area contributed by atoms with Gasteiger partial charge in [0.1, 0.15) is 5.75 Å². The minimum atomic E-state index is -0.00201. The number of carbonyl (C=O) groups excluding carboxylic acids is 1. The molecule has 1 aromatic heterocycles. The van der Waals surface area contributed by atoms with Gasteiger partial charge in [0, 0.05) is 12.1 Å². The van der Waals surface area contributed by atoms with Crippen LogP contribution >= 0.6 is 11.3 Å². The summed E-state index contributed by atoms with van der Waals surface area (Å²) in [7, 11) is 0. The van der Waals surface area contributed by atoms with Crippen molar-refractivity contribution in [3.63, 3.8) is 0 Å². The van der Waals surface area contributed by atoms with Crippen LogP contribution < -0.4 is 10.1 Å². The molecule has 0 saturated carbocycles. The summed E-state index contributed by atoms with van der Waals surface area (Å²) in [5.74, 6) is 0.885. The molecule has 0 saturated heterocycles. The molecule has 1 N–H and O–H groups in total. The number of hydrogen-bond acceptors (Lipinski definition) is 3. The first-order valence-electron chi connectivity index (χ1n) is 8.43. The Bertz CT molecular complexity index is 784. The van der Waals surface area contributed by atoms with Crippen LogP contribution in [0.1, 0.15) is 22.5 Å². The fraction of sp³-hybridized carbons (Fsp3) is 0.190. The lowest BCUT2D eigenvalue weighted by Crippen LogP contribution is -2.24. The molecule has 0 bridgehead atoms. The Balaban J connectivity index is 1.42. The molecule has 2 aromatic carbocycles. The van der Waals surface area contributed by atoms with Crippen LogP contribution in [-0.2, 0) is 0 Å². The third kappa shape index (κ3) is 4.94. The largest absolute Gasteiger partial charge is 0.494 e. The van der Waals surface area contributed by atoms with E-state index in [2.05, 4.69) is 5.32 Å². The van der Waals surface area contributed by atoms with Gasteiger partial charge in [0.25, 0.3) is 5.91 Å². The molecular weight excluding hydrogens is 330 g/mol. The van der Waals surface area contributed by atoms with Crippen molar-refractivity contribution in [3.05, 3.63) is 77.0 Å². The van der Waals surface area contributed by atoms with Gasteiger partial charge in [0.2, 0.25) is 0 Å². The average molecular weight is 351 g/mol. The van der Waals surface area contributed by atoms with E-state index >= 15 is 0 Å². The minimum absolute atomic E-state index is 0.00201. The van der Waals surface area contributed by atoms with Crippen LogP contribution in [0.4, 0.5) is 0 Å². The molecule has 1 heterocycles. The van der Waals surface area contributed by atoms with E-state index in [-0.39, 0.29) is 5.91 Å². The van der Waals surface area contributed by atoms with Gasteiger partial charge in [-0.15, -0.1) is 11.3 Å². The summed E-state index contributed by atoms with van der Waals surface area (Å²) in [6, 6.07) is 21.8. The Morgan fingerprint density at radius 2 is 1.64 bits per heavy atom. The molecule has 3 aromatic rings. The topological polar surface area (TPSA) is 38.3 Å². The van der Waals surface area contributed by atoms with Crippen LogP contribution in [-0.4, -0.2) is 19.1 Å². The van der Waals surface area contributed by atoms with E-state index in [1.807, 2.05) is 72.1 Å². The van der Waals surface area contributed by atoms with Gasteiger partial charge in [-0.05, 0) is 42.0 Å². The van der Waals surface area contributed by atoms with Crippen molar-refractivity contribution >= 4 is 17.2 Å². The molecule has 128 valence electrons. The third-order valence-electron chi connectivity index (χ3n) is 3.82. The first kappa shape index (κ1) is 17.2. The highest BCUT2D eigenvalue weighted by Gasteiger charge is 2.13. The maximum absolute atomic E-state index is 12.4. The lowest BCUT2D eigenvalue weighted by Gasteiger charge is -2.08. The maximum Gasteiger partial charge on any atom is 0.261 e. The van der Waals surface area contributed by atoms with Crippen LogP contribution in [0.5, 0.6) is 5.75 Å². The standard InChI is InChI=1S/C21H21NO2S/c23-21(20-19(13-16-25-20)17-9-3-1-4-10-17)22-14-7-8-15-24-18-11-5-2-6-12-18/h1-6,9-13,16H,7-8,14-15H2,(H,22,23). The average Bonchev–Trinajstić information content (AvgIpc) is 3.16. The fourth-order valence-corrected chi connectivity index (χ4v) is 3.38. The van der Waals surface area contributed by atoms with Crippen molar-refractivity contribution in [2.75, 3.05) is 13.2 Å². The van der Waals surface area contributed by atoms with E-state index < -0.39 is 0 Å². The quantitative estimate of drug-likeness (QED) is 0.580. The summed E-state index contributed by atoms with van der Waals surface area (Å²) >= 11 is 1.48. The maximum atomic E-state index is 12.4. The Morgan fingerprint density at radius 1 is 0.920 bits per heavy atom. The SMILES string of the molecule is O=C(NCCCCOc1ccccc1)c1sccc1-c1ccccc1. The van der Waals surface area contributed by atoms with Crippen molar-refractivity contribution in [2.45, 2.75) is 12.8 Å². The van der Waals surface area contributed by atoms with E-state index in [0.29, 0.717) is 13.2 Å². The van der Waals surface area contributed by atoms with Crippen molar-refractivity contribution in [2.24, 2.45) is 0 Å². The summed E-state index contributed by atoms with van der Waals surface area (Å²) in [4.78, 5) is 13.2. The molecule has 0 radical (unpaired) electrons. The van der Waals surface area contributed by atoms with Crippen LogP contribution in [0.3, 0.4) is 0 Å². The van der Waals surface area contributed by atoms with Gasteiger partial charge < -0.3 is 10.1 Å². The second kappa shape index (κ2) is 9.04. The molecule has 0 aliphatic carbocycles. The highest BCUT2D eigenvalue weighted by atomic mass is 32.1. The molecule has 0 aliphatic heterocycles. The molecule has 0 spiro atoms. The number of ether oxygens (including phenoxy) is 1. The second-order valence-electron chi connectivity index (χ2n) is 5.65. The number of thiophene rings is 1. The van der Waals surface area contributed by atoms with Gasteiger partial charge in [-0.3, -0.25) is 4.79 Å². The lowest BCUT2D eigenvalue weighted by atomic mass is 10.1. The van der Waals surface area contributed by atoms with E-state index in [1.165, 1.54) is 11.3 Å². The molecule has 0 unspecified atom stereocenters. The lowest BCUT2D eigenvalue weighted by molar-refractivity contribution is 0.0957. The number of rotatable bonds is 8. The summed E-state index contributed by atoms with van der Waals surface area (Å²) in [5.41, 5.74) is 2.07. The number of hydrogen-bond donors (Lipinski definition) is 1. The highest BCUT2D eigenvalue weighted by Crippen LogP contribution is 2.27. The monoisotopic (exact) mass is 351 g/mol. The zero-order valence-corrected chi connectivity index (χ0v) is 14.8. The predicted octanol–water partition coefficient (Wildman–Crippen LogP) is 5.00. The molecule has 0 fully saturated rings. The van der Waals surface area contributed by atoms with E-state index in [1.54, 1.807) is 0 Å². The number of carbonyl (C=O) groups is 1. The number of para-hydroxylation sites is 1. The van der Waals surface area contributed by atoms with Gasteiger partial charge in [-0.25, -0.2) is 0 Å². The molecule has 0 aliphatic rings. The van der Waals surface area contributed by atoms with E-state index in [9.17, 15) is 4.79 Å². The molecule has 3 rings (SSSR count). The molecule has 3 nitrogen and oxygen atoms in total. The summed E-state index contributed by atoms with van der Waals surface area (Å²) < 4.78 is 5.65. The smallest absolute Gasteiger partial charge is 0.261 e. The van der Waals surface area contributed by atoms with Crippen LogP contribution in [0.2, 0.25) is 0 Å². The summed E-state index contributed by atoms with van der Waals surface area (Å²) in [5, 5.41) is 4.97. The number of nitrogens with one attached hydrogen (secondary N) is 1. The molecule has 0 atom stereocenters. The van der Waals surface area contributed by atoms with Gasteiger partial charge in [0.15, 0.2) is 0 Å². The van der Waals surface area contributed by atoms with Crippen molar-refractivity contribution in [1.29, 1.82) is 0 Å². The third-order valence-corrected chi connectivity index (χ3v) is 4.74. The van der Waals surface area contributed by atoms with Gasteiger partial charge >= 0.3 is 0 Å². The highest BCUT2D eigenvalue weighted by molar-refractivity contribution is 7.12. The predicted molar refractivity (Wildman–Crippen MR) is 103 cm³/mol. The Morgan fingerprint density at radius 3 is 2.40 bits per heavy atom.